The Morgan fingerprint density at radius 1 is 1.35 bits per heavy atom. The molecule has 20 heavy (non-hydrogen) atoms. The molecule has 114 valence electrons. The van der Waals surface area contributed by atoms with Crippen molar-refractivity contribution >= 4 is 17.7 Å². The van der Waals surface area contributed by atoms with Gasteiger partial charge in [-0.2, -0.15) is 0 Å². The normalized spacial score (nSPS) is 29.4. The van der Waals surface area contributed by atoms with Crippen molar-refractivity contribution < 1.29 is 24.2 Å². The second kappa shape index (κ2) is 6.37. The summed E-state index contributed by atoms with van der Waals surface area (Å²) in [6.07, 6.45) is 3.67. The van der Waals surface area contributed by atoms with E-state index in [-0.39, 0.29) is 18.6 Å². The van der Waals surface area contributed by atoms with Gasteiger partial charge in [0.2, 0.25) is 0 Å². The molecule has 1 fully saturated rings. The molecule has 0 aromatic heterocycles. The molecule has 0 spiro atoms. The van der Waals surface area contributed by atoms with E-state index in [4.69, 9.17) is 9.84 Å². The lowest BCUT2D eigenvalue weighted by molar-refractivity contribution is -0.179. The van der Waals surface area contributed by atoms with Gasteiger partial charge in [-0.25, -0.2) is 0 Å². The van der Waals surface area contributed by atoms with E-state index in [0.717, 1.165) is 19.3 Å². The minimum atomic E-state index is -1.26. The third-order valence-corrected chi connectivity index (χ3v) is 4.32. The minimum Gasteiger partial charge on any atom is -0.481 e. The number of esters is 1. The summed E-state index contributed by atoms with van der Waals surface area (Å²) in [5, 5.41) is 9.11. The second-order valence-electron chi connectivity index (χ2n) is 5.93. The Hall–Kier alpha value is -1.39. The summed E-state index contributed by atoms with van der Waals surface area (Å²) in [4.78, 5) is 34.9. The highest BCUT2D eigenvalue weighted by Gasteiger charge is 2.60. The second-order valence-corrected chi connectivity index (χ2v) is 5.93. The van der Waals surface area contributed by atoms with Crippen LogP contribution in [0, 0.1) is 5.41 Å². The van der Waals surface area contributed by atoms with Crippen molar-refractivity contribution in [2.75, 3.05) is 0 Å². The van der Waals surface area contributed by atoms with Gasteiger partial charge in [0, 0.05) is 18.8 Å². The molecule has 1 rings (SSSR count). The zero-order valence-electron chi connectivity index (χ0n) is 12.5. The van der Waals surface area contributed by atoms with E-state index in [9.17, 15) is 14.4 Å². The summed E-state index contributed by atoms with van der Waals surface area (Å²) in [6.45, 7) is 5.07. The highest BCUT2D eigenvalue weighted by Crippen LogP contribution is 2.51. The molecule has 5 nitrogen and oxygen atoms in total. The van der Waals surface area contributed by atoms with Crippen LogP contribution >= 0.6 is 0 Å². The predicted octanol–water partition coefficient (Wildman–Crippen LogP) is 2.71. The van der Waals surface area contributed by atoms with Crippen LogP contribution in [0.2, 0.25) is 0 Å². The molecule has 5 heteroatoms. The highest BCUT2D eigenvalue weighted by molar-refractivity contribution is 5.93. The van der Waals surface area contributed by atoms with E-state index in [0.29, 0.717) is 12.8 Å². The predicted molar refractivity (Wildman–Crippen MR) is 73.2 cm³/mol. The maximum atomic E-state index is 12.4. The summed E-state index contributed by atoms with van der Waals surface area (Å²) in [5.74, 6) is -1.62. The zero-order chi connectivity index (χ0) is 15.4. The molecule has 1 aliphatic rings. The van der Waals surface area contributed by atoms with Crippen LogP contribution < -0.4 is 0 Å². The average molecular weight is 284 g/mol. The van der Waals surface area contributed by atoms with Gasteiger partial charge in [0.1, 0.15) is 0 Å². The summed E-state index contributed by atoms with van der Waals surface area (Å²) in [5.41, 5.74) is -2.07. The molecule has 1 saturated carbocycles. The van der Waals surface area contributed by atoms with Gasteiger partial charge in [-0.15, -0.1) is 0 Å². The lowest BCUT2D eigenvalue weighted by Gasteiger charge is -2.40. The molecule has 0 aromatic carbocycles. The lowest BCUT2D eigenvalue weighted by atomic mass is 9.70. The van der Waals surface area contributed by atoms with Crippen molar-refractivity contribution in [2.24, 2.45) is 5.41 Å². The fourth-order valence-corrected chi connectivity index (χ4v) is 3.24. The van der Waals surface area contributed by atoms with Crippen LogP contribution in [0.5, 0.6) is 0 Å². The first-order valence-corrected chi connectivity index (χ1v) is 7.22. The lowest BCUT2D eigenvalue weighted by Crippen LogP contribution is -2.51. The van der Waals surface area contributed by atoms with E-state index in [1.165, 1.54) is 6.92 Å². The molecule has 1 N–H and O–H groups in total. The molecule has 2 unspecified atom stereocenters. The Bertz CT molecular complexity index is 403. The van der Waals surface area contributed by atoms with Gasteiger partial charge in [-0.3, -0.25) is 14.4 Å². The average Bonchev–Trinajstić information content (AvgIpc) is 2.53. The van der Waals surface area contributed by atoms with Crippen LogP contribution in [0.25, 0.3) is 0 Å². The molecule has 2 atom stereocenters. The number of carboxylic acid groups (broad SMARTS) is 1. The fourth-order valence-electron chi connectivity index (χ4n) is 3.24. The number of rotatable bonds is 7. The van der Waals surface area contributed by atoms with Gasteiger partial charge in [0.15, 0.2) is 11.4 Å². The van der Waals surface area contributed by atoms with E-state index in [2.05, 4.69) is 0 Å². The molecule has 0 radical (unpaired) electrons. The van der Waals surface area contributed by atoms with Gasteiger partial charge in [0.25, 0.3) is 0 Å². The van der Waals surface area contributed by atoms with Crippen LogP contribution in [-0.2, 0) is 19.1 Å². The number of Topliss-reactive ketones (excluding diaryl/α,β-unsaturated/α-hetero) is 1. The van der Waals surface area contributed by atoms with E-state index < -0.39 is 23.0 Å². The maximum Gasteiger partial charge on any atom is 0.304 e. The van der Waals surface area contributed by atoms with E-state index in [1.807, 2.05) is 6.92 Å². The monoisotopic (exact) mass is 284 g/mol. The third kappa shape index (κ3) is 3.19. The molecular weight excluding hydrogens is 260 g/mol. The molecule has 0 bridgehead atoms. The third-order valence-electron chi connectivity index (χ3n) is 4.32. The van der Waals surface area contributed by atoms with E-state index in [1.54, 1.807) is 6.92 Å². The Morgan fingerprint density at radius 2 is 2.00 bits per heavy atom. The SMILES string of the molecule is CCCCCC1(OC(C)=O)C(=O)CCC1(C)CC(=O)O. The largest absolute Gasteiger partial charge is 0.481 e. The first kappa shape index (κ1) is 16.7. The van der Waals surface area contributed by atoms with Crippen LogP contribution in [0.4, 0.5) is 0 Å². The number of hydrogen-bond donors (Lipinski definition) is 1. The Balaban J connectivity index is 3.09. The van der Waals surface area contributed by atoms with Crippen LogP contribution in [0.15, 0.2) is 0 Å². The number of aliphatic carboxylic acids is 1. The molecule has 0 aromatic rings. The molecule has 0 amide bonds. The van der Waals surface area contributed by atoms with Gasteiger partial charge in [0.05, 0.1) is 6.42 Å². The first-order valence-electron chi connectivity index (χ1n) is 7.22. The van der Waals surface area contributed by atoms with E-state index >= 15 is 0 Å². The number of unbranched alkanes of at least 4 members (excludes halogenated alkanes) is 2. The molecule has 1 aliphatic carbocycles. The molecule has 0 saturated heterocycles. The fraction of sp³-hybridized carbons (Fsp3) is 0.800. The van der Waals surface area contributed by atoms with Crippen LogP contribution in [0.3, 0.4) is 0 Å². The number of ether oxygens (including phenoxy) is 1. The number of carbonyl (C=O) groups is 3. The van der Waals surface area contributed by atoms with Crippen molar-refractivity contribution in [1.82, 2.24) is 0 Å². The minimum absolute atomic E-state index is 0.132. The van der Waals surface area contributed by atoms with Crippen molar-refractivity contribution in [1.29, 1.82) is 0 Å². The van der Waals surface area contributed by atoms with Gasteiger partial charge in [-0.05, 0) is 19.3 Å². The van der Waals surface area contributed by atoms with Gasteiger partial charge < -0.3 is 9.84 Å². The standard InChI is InChI=1S/C15H24O5/c1-4-5-6-8-15(20-11(2)16)12(17)7-9-14(15,3)10-13(18)19/h4-10H2,1-3H3,(H,18,19). The topological polar surface area (TPSA) is 80.7 Å². The zero-order valence-corrected chi connectivity index (χ0v) is 12.5. The van der Waals surface area contributed by atoms with Gasteiger partial charge >= 0.3 is 11.9 Å². The molecular formula is C15H24O5. The smallest absolute Gasteiger partial charge is 0.304 e. The molecule has 0 aliphatic heterocycles. The summed E-state index contributed by atoms with van der Waals surface area (Å²) < 4.78 is 5.42. The number of hydrogen-bond acceptors (Lipinski definition) is 4. The van der Waals surface area contributed by atoms with Crippen molar-refractivity contribution in [3.05, 3.63) is 0 Å². The Labute approximate surface area is 119 Å². The number of carbonyl (C=O) groups excluding carboxylic acids is 2. The quantitative estimate of drug-likeness (QED) is 0.574. The van der Waals surface area contributed by atoms with Gasteiger partial charge in [-0.1, -0.05) is 26.7 Å². The Morgan fingerprint density at radius 3 is 2.50 bits per heavy atom. The number of carboxylic acids is 1. The summed E-state index contributed by atoms with van der Waals surface area (Å²) >= 11 is 0. The summed E-state index contributed by atoms with van der Waals surface area (Å²) in [7, 11) is 0. The maximum absolute atomic E-state index is 12.4. The number of ketones is 1. The first-order chi connectivity index (χ1) is 9.27. The van der Waals surface area contributed by atoms with Crippen molar-refractivity contribution in [3.63, 3.8) is 0 Å². The van der Waals surface area contributed by atoms with Crippen LogP contribution in [0.1, 0.15) is 65.7 Å². The highest BCUT2D eigenvalue weighted by atomic mass is 16.6. The molecule has 0 heterocycles. The van der Waals surface area contributed by atoms with Crippen molar-refractivity contribution in [2.45, 2.75) is 71.3 Å². The van der Waals surface area contributed by atoms with Crippen molar-refractivity contribution in [3.8, 4) is 0 Å². The summed E-state index contributed by atoms with van der Waals surface area (Å²) in [6, 6.07) is 0. The van der Waals surface area contributed by atoms with Crippen LogP contribution in [-0.4, -0.2) is 28.4 Å². The Kier molecular flexibility index (Phi) is 5.31.